The summed E-state index contributed by atoms with van der Waals surface area (Å²) < 4.78 is 1.77. The van der Waals surface area contributed by atoms with Gasteiger partial charge in [0.15, 0.2) is 0 Å². The molecule has 0 aliphatic heterocycles. The number of hydrogen-bond acceptors (Lipinski definition) is 3. The monoisotopic (exact) mass is 202 g/mol. The molecule has 0 spiro atoms. The van der Waals surface area contributed by atoms with Crippen LogP contribution in [0.5, 0.6) is 0 Å². The van der Waals surface area contributed by atoms with Crippen LogP contribution < -0.4 is 5.73 Å². The summed E-state index contributed by atoms with van der Waals surface area (Å²) in [5.41, 5.74) is 7.82. The molecule has 0 unspecified atom stereocenters. The van der Waals surface area contributed by atoms with Crippen LogP contribution in [-0.4, -0.2) is 14.8 Å². The lowest BCUT2D eigenvalue weighted by molar-refractivity contribution is 0.874. The van der Waals surface area contributed by atoms with E-state index >= 15 is 0 Å². The SMILES string of the molecule is CCCc1cnn(-c2cccnc2N)c1. The van der Waals surface area contributed by atoms with E-state index in [1.54, 1.807) is 10.9 Å². The van der Waals surface area contributed by atoms with Gasteiger partial charge >= 0.3 is 0 Å². The summed E-state index contributed by atoms with van der Waals surface area (Å²) in [4.78, 5) is 4.03. The molecule has 0 radical (unpaired) electrons. The molecule has 2 N–H and O–H groups in total. The van der Waals surface area contributed by atoms with Gasteiger partial charge in [-0.15, -0.1) is 0 Å². The first-order chi connectivity index (χ1) is 7.31. The third kappa shape index (κ3) is 1.98. The third-order valence-corrected chi connectivity index (χ3v) is 2.24. The molecule has 0 amide bonds. The lowest BCUT2D eigenvalue weighted by Gasteiger charge is -2.02. The van der Waals surface area contributed by atoms with Crippen molar-refractivity contribution in [3.63, 3.8) is 0 Å². The first-order valence-electron chi connectivity index (χ1n) is 5.05. The van der Waals surface area contributed by atoms with Gasteiger partial charge in [-0.1, -0.05) is 13.3 Å². The summed E-state index contributed by atoms with van der Waals surface area (Å²) in [6, 6.07) is 3.76. The van der Waals surface area contributed by atoms with Crippen molar-refractivity contribution in [3.05, 3.63) is 36.3 Å². The molecule has 0 aliphatic rings. The molecular weight excluding hydrogens is 188 g/mol. The molecule has 78 valence electrons. The van der Waals surface area contributed by atoms with E-state index in [2.05, 4.69) is 17.0 Å². The molecule has 4 nitrogen and oxygen atoms in total. The summed E-state index contributed by atoms with van der Waals surface area (Å²) >= 11 is 0. The number of rotatable bonds is 3. The molecule has 2 heterocycles. The van der Waals surface area contributed by atoms with Gasteiger partial charge in [0.25, 0.3) is 0 Å². The minimum atomic E-state index is 0.503. The van der Waals surface area contributed by atoms with Crippen LogP contribution >= 0.6 is 0 Å². The van der Waals surface area contributed by atoms with Crippen LogP contribution in [0.2, 0.25) is 0 Å². The Kier molecular flexibility index (Phi) is 2.67. The molecule has 0 saturated heterocycles. The molecule has 0 atom stereocenters. The largest absolute Gasteiger partial charge is 0.382 e. The summed E-state index contributed by atoms with van der Waals surface area (Å²) in [5.74, 6) is 0.503. The summed E-state index contributed by atoms with van der Waals surface area (Å²) in [6.07, 6.45) is 7.70. The zero-order chi connectivity index (χ0) is 10.7. The Bertz CT molecular complexity index is 447. The number of hydrogen-bond donors (Lipinski definition) is 1. The number of pyridine rings is 1. The highest BCUT2D eigenvalue weighted by atomic mass is 15.3. The van der Waals surface area contributed by atoms with Crippen LogP contribution in [0.4, 0.5) is 5.82 Å². The van der Waals surface area contributed by atoms with Crippen molar-refractivity contribution in [1.82, 2.24) is 14.8 Å². The van der Waals surface area contributed by atoms with Gasteiger partial charge in [-0.3, -0.25) is 0 Å². The molecule has 4 heteroatoms. The second-order valence-electron chi connectivity index (χ2n) is 3.45. The molecule has 0 bridgehead atoms. The van der Waals surface area contributed by atoms with Crippen molar-refractivity contribution in [2.75, 3.05) is 5.73 Å². The first kappa shape index (κ1) is 9.71. The normalized spacial score (nSPS) is 10.5. The maximum atomic E-state index is 5.76. The zero-order valence-electron chi connectivity index (χ0n) is 8.72. The van der Waals surface area contributed by atoms with Gasteiger partial charge in [0.2, 0.25) is 0 Å². The number of anilines is 1. The highest BCUT2D eigenvalue weighted by Crippen LogP contribution is 2.13. The topological polar surface area (TPSA) is 56.7 Å². The van der Waals surface area contributed by atoms with Crippen molar-refractivity contribution in [3.8, 4) is 5.69 Å². The zero-order valence-corrected chi connectivity index (χ0v) is 8.72. The summed E-state index contributed by atoms with van der Waals surface area (Å²) in [6.45, 7) is 2.15. The molecule has 2 aromatic heterocycles. The van der Waals surface area contributed by atoms with Crippen molar-refractivity contribution in [2.24, 2.45) is 0 Å². The van der Waals surface area contributed by atoms with Gasteiger partial charge < -0.3 is 5.73 Å². The number of nitrogen functional groups attached to an aromatic ring is 1. The Morgan fingerprint density at radius 3 is 3.07 bits per heavy atom. The fourth-order valence-corrected chi connectivity index (χ4v) is 1.51. The van der Waals surface area contributed by atoms with Crippen LogP contribution in [-0.2, 0) is 6.42 Å². The molecular formula is C11H14N4. The maximum Gasteiger partial charge on any atom is 0.149 e. The Labute approximate surface area is 88.8 Å². The molecule has 2 aromatic rings. The summed E-state index contributed by atoms with van der Waals surface area (Å²) in [7, 11) is 0. The number of nitrogens with two attached hydrogens (primary N) is 1. The van der Waals surface area contributed by atoms with Crippen LogP contribution in [0.1, 0.15) is 18.9 Å². The first-order valence-corrected chi connectivity index (χ1v) is 5.05. The van der Waals surface area contributed by atoms with E-state index in [0.717, 1.165) is 18.5 Å². The second kappa shape index (κ2) is 4.13. The van der Waals surface area contributed by atoms with Crippen LogP contribution in [0.15, 0.2) is 30.7 Å². The highest BCUT2D eigenvalue weighted by molar-refractivity contribution is 5.50. The summed E-state index contributed by atoms with van der Waals surface area (Å²) in [5, 5.41) is 4.26. The van der Waals surface area contributed by atoms with E-state index in [9.17, 15) is 0 Å². The third-order valence-electron chi connectivity index (χ3n) is 2.24. The van der Waals surface area contributed by atoms with Gasteiger partial charge in [0.05, 0.1) is 6.20 Å². The molecule has 0 saturated carbocycles. The molecule has 2 rings (SSSR count). The van der Waals surface area contributed by atoms with Crippen molar-refractivity contribution in [1.29, 1.82) is 0 Å². The second-order valence-corrected chi connectivity index (χ2v) is 3.45. The minimum Gasteiger partial charge on any atom is -0.382 e. The van der Waals surface area contributed by atoms with Gasteiger partial charge in [0.1, 0.15) is 11.5 Å². The Morgan fingerprint density at radius 2 is 2.33 bits per heavy atom. The standard InChI is InChI=1S/C11H14N4/c1-2-4-9-7-14-15(8-9)10-5-3-6-13-11(10)12/h3,5-8H,2,4H2,1H3,(H2,12,13). The van der Waals surface area contributed by atoms with Gasteiger partial charge in [-0.2, -0.15) is 5.10 Å². The lowest BCUT2D eigenvalue weighted by atomic mass is 10.2. The maximum absolute atomic E-state index is 5.76. The average Bonchev–Trinajstić information content (AvgIpc) is 2.68. The highest BCUT2D eigenvalue weighted by Gasteiger charge is 2.03. The van der Waals surface area contributed by atoms with E-state index in [1.165, 1.54) is 5.56 Å². The predicted octanol–water partition coefficient (Wildman–Crippen LogP) is 1.80. The Morgan fingerprint density at radius 1 is 1.47 bits per heavy atom. The lowest BCUT2D eigenvalue weighted by Crippen LogP contribution is -2.01. The van der Waals surface area contributed by atoms with E-state index in [4.69, 9.17) is 5.73 Å². The van der Waals surface area contributed by atoms with E-state index < -0.39 is 0 Å². The van der Waals surface area contributed by atoms with Gasteiger partial charge in [-0.05, 0) is 24.1 Å². The van der Waals surface area contributed by atoms with Gasteiger partial charge in [-0.25, -0.2) is 9.67 Å². The molecule has 15 heavy (non-hydrogen) atoms. The minimum absolute atomic E-state index is 0.503. The van der Waals surface area contributed by atoms with Crippen molar-refractivity contribution >= 4 is 5.82 Å². The Balaban J connectivity index is 2.33. The van der Waals surface area contributed by atoms with E-state index in [1.807, 2.05) is 24.5 Å². The van der Waals surface area contributed by atoms with Crippen molar-refractivity contribution in [2.45, 2.75) is 19.8 Å². The fraction of sp³-hybridized carbons (Fsp3) is 0.273. The number of nitrogens with zero attached hydrogens (tertiary/aromatic N) is 3. The quantitative estimate of drug-likeness (QED) is 0.825. The molecule has 0 fully saturated rings. The Hall–Kier alpha value is -1.84. The predicted molar refractivity (Wildman–Crippen MR) is 59.8 cm³/mol. The fourth-order valence-electron chi connectivity index (χ4n) is 1.51. The van der Waals surface area contributed by atoms with Crippen LogP contribution in [0, 0.1) is 0 Å². The number of aromatic nitrogens is 3. The number of aryl methyl sites for hydroxylation is 1. The van der Waals surface area contributed by atoms with E-state index in [0.29, 0.717) is 5.82 Å². The smallest absolute Gasteiger partial charge is 0.149 e. The van der Waals surface area contributed by atoms with Gasteiger partial charge in [0, 0.05) is 12.4 Å². The molecule has 0 aromatic carbocycles. The van der Waals surface area contributed by atoms with Crippen LogP contribution in [0.25, 0.3) is 5.69 Å². The van der Waals surface area contributed by atoms with Crippen molar-refractivity contribution < 1.29 is 0 Å². The van der Waals surface area contributed by atoms with Crippen LogP contribution in [0.3, 0.4) is 0 Å². The average molecular weight is 202 g/mol. The molecule has 0 aliphatic carbocycles. The van der Waals surface area contributed by atoms with E-state index in [-0.39, 0.29) is 0 Å².